The molecule has 1 saturated heterocycles. The highest BCUT2D eigenvalue weighted by Crippen LogP contribution is 2.27. The van der Waals surface area contributed by atoms with Gasteiger partial charge in [-0.25, -0.2) is 0 Å². The molecule has 0 spiro atoms. The van der Waals surface area contributed by atoms with E-state index in [-0.39, 0.29) is 0 Å². The lowest BCUT2D eigenvalue weighted by Gasteiger charge is -2.31. The highest BCUT2D eigenvalue weighted by Gasteiger charge is 2.18. The Morgan fingerprint density at radius 2 is 2.16 bits per heavy atom. The van der Waals surface area contributed by atoms with Crippen molar-refractivity contribution >= 4 is 5.69 Å². The average molecular weight is 259 g/mol. The maximum absolute atomic E-state index is 3.63. The van der Waals surface area contributed by atoms with Crippen molar-refractivity contribution in [3.05, 3.63) is 29.3 Å². The lowest BCUT2D eigenvalue weighted by atomic mass is 10.0. The molecule has 2 aliphatic heterocycles. The highest BCUT2D eigenvalue weighted by atomic mass is 15.2. The van der Waals surface area contributed by atoms with Gasteiger partial charge in [0.05, 0.1) is 0 Å². The van der Waals surface area contributed by atoms with Crippen LogP contribution in [0.4, 0.5) is 5.69 Å². The molecule has 2 aliphatic rings. The van der Waals surface area contributed by atoms with Crippen molar-refractivity contribution in [1.82, 2.24) is 10.2 Å². The zero-order chi connectivity index (χ0) is 13.2. The van der Waals surface area contributed by atoms with Gasteiger partial charge in [-0.2, -0.15) is 0 Å². The molecule has 2 heterocycles. The van der Waals surface area contributed by atoms with E-state index in [1.54, 1.807) is 0 Å². The Balaban J connectivity index is 1.58. The first-order valence-electron chi connectivity index (χ1n) is 7.47. The van der Waals surface area contributed by atoms with E-state index in [4.69, 9.17) is 0 Å². The van der Waals surface area contributed by atoms with Crippen molar-refractivity contribution in [2.24, 2.45) is 0 Å². The molecule has 1 aromatic carbocycles. The van der Waals surface area contributed by atoms with Crippen LogP contribution in [-0.2, 0) is 12.8 Å². The number of piperazine rings is 1. The van der Waals surface area contributed by atoms with Crippen molar-refractivity contribution in [3.8, 4) is 0 Å². The van der Waals surface area contributed by atoms with Gasteiger partial charge in [-0.3, -0.25) is 0 Å². The highest BCUT2D eigenvalue weighted by molar-refractivity contribution is 5.58. The second-order valence-electron chi connectivity index (χ2n) is 6.09. The number of fused-ring (bicyclic) bond motifs is 1. The number of hydrogen-bond acceptors (Lipinski definition) is 3. The summed E-state index contributed by atoms with van der Waals surface area (Å²) in [6, 6.07) is 7.70. The van der Waals surface area contributed by atoms with Gasteiger partial charge in [0, 0.05) is 45.0 Å². The molecular weight excluding hydrogens is 234 g/mol. The number of benzene rings is 1. The number of nitrogens with zero attached hydrogens (tertiary/aromatic N) is 2. The van der Waals surface area contributed by atoms with Crippen LogP contribution in [0, 0.1) is 0 Å². The molecule has 1 aromatic rings. The molecule has 0 aliphatic carbocycles. The van der Waals surface area contributed by atoms with Crippen LogP contribution in [0.15, 0.2) is 18.2 Å². The Labute approximate surface area is 116 Å². The molecule has 19 heavy (non-hydrogen) atoms. The SMILES string of the molecule is CN1CCNC(CCc2ccc3c(c2)CCN3C)C1. The van der Waals surface area contributed by atoms with E-state index in [2.05, 4.69) is 47.4 Å². The lowest BCUT2D eigenvalue weighted by Crippen LogP contribution is -2.49. The van der Waals surface area contributed by atoms with Crippen LogP contribution >= 0.6 is 0 Å². The summed E-state index contributed by atoms with van der Waals surface area (Å²) in [4.78, 5) is 4.79. The van der Waals surface area contributed by atoms with Crippen molar-refractivity contribution in [1.29, 1.82) is 0 Å². The first-order valence-corrected chi connectivity index (χ1v) is 7.47. The normalized spacial score (nSPS) is 23.7. The summed E-state index contributed by atoms with van der Waals surface area (Å²) in [7, 11) is 4.41. The average Bonchev–Trinajstić information content (AvgIpc) is 2.78. The number of aryl methyl sites for hydroxylation is 1. The van der Waals surface area contributed by atoms with E-state index in [9.17, 15) is 0 Å². The van der Waals surface area contributed by atoms with E-state index in [1.807, 2.05) is 0 Å². The molecule has 0 amide bonds. The van der Waals surface area contributed by atoms with E-state index in [0.717, 1.165) is 6.54 Å². The van der Waals surface area contributed by atoms with Crippen LogP contribution < -0.4 is 10.2 Å². The quantitative estimate of drug-likeness (QED) is 0.888. The van der Waals surface area contributed by atoms with Crippen LogP contribution in [0.1, 0.15) is 17.5 Å². The molecule has 3 heteroatoms. The monoisotopic (exact) mass is 259 g/mol. The smallest absolute Gasteiger partial charge is 0.0397 e. The second-order valence-corrected chi connectivity index (χ2v) is 6.09. The summed E-state index contributed by atoms with van der Waals surface area (Å²) in [5.74, 6) is 0. The molecule has 104 valence electrons. The summed E-state index contributed by atoms with van der Waals surface area (Å²) in [5, 5.41) is 3.63. The summed E-state index contributed by atoms with van der Waals surface area (Å²) in [6.45, 7) is 4.68. The molecular formula is C16H25N3. The molecule has 3 rings (SSSR count). The summed E-state index contributed by atoms with van der Waals surface area (Å²) in [5.41, 5.74) is 4.47. The van der Waals surface area contributed by atoms with Gasteiger partial charge in [0.2, 0.25) is 0 Å². The number of anilines is 1. The number of likely N-dealkylation sites (N-methyl/N-ethyl adjacent to an activating group) is 2. The maximum atomic E-state index is 3.63. The van der Waals surface area contributed by atoms with Gasteiger partial charge < -0.3 is 15.1 Å². The Morgan fingerprint density at radius 1 is 1.26 bits per heavy atom. The van der Waals surface area contributed by atoms with Gasteiger partial charge in [0.25, 0.3) is 0 Å². The predicted molar refractivity (Wildman–Crippen MR) is 81.0 cm³/mol. The van der Waals surface area contributed by atoms with Crippen LogP contribution in [0.3, 0.4) is 0 Å². The van der Waals surface area contributed by atoms with Gasteiger partial charge >= 0.3 is 0 Å². The molecule has 0 aromatic heterocycles. The third-order valence-electron chi connectivity index (χ3n) is 4.51. The van der Waals surface area contributed by atoms with E-state index in [1.165, 1.54) is 55.7 Å². The Morgan fingerprint density at radius 3 is 3.00 bits per heavy atom. The number of nitrogens with one attached hydrogen (secondary N) is 1. The minimum Gasteiger partial charge on any atom is -0.374 e. The first kappa shape index (κ1) is 12.9. The molecule has 1 atom stereocenters. The van der Waals surface area contributed by atoms with Gasteiger partial charge in [0.1, 0.15) is 0 Å². The summed E-state index contributed by atoms with van der Waals surface area (Å²) in [6.07, 6.45) is 3.66. The largest absolute Gasteiger partial charge is 0.374 e. The minimum absolute atomic E-state index is 0.662. The van der Waals surface area contributed by atoms with Gasteiger partial charge in [-0.1, -0.05) is 12.1 Å². The van der Waals surface area contributed by atoms with Crippen molar-refractivity contribution < 1.29 is 0 Å². The molecule has 3 nitrogen and oxygen atoms in total. The maximum Gasteiger partial charge on any atom is 0.0397 e. The standard InChI is InChI=1S/C16H25N3/c1-18-10-8-17-15(12-18)5-3-13-4-6-16-14(11-13)7-9-19(16)2/h4,6,11,15,17H,3,5,7-10,12H2,1-2H3. The van der Waals surface area contributed by atoms with Crippen molar-refractivity contribution in [2.75, 3.05) is 45.2 Å². The topological polar surface area (TPSA) is 18.5 Å². The molecule has 0 saturated carbocycles. The third-order valence-corrected chi connectivity index (χ3v) is 4.51. The van der Waals surface area contributed by atoms with Gasteiger partial charge in [-0.05, 0) is 43.5 Å². The zero-order valence-corrected chi connectivity index (χ0v) is 12.2. The second kappa shape index (κ2) is 5.51. The first-order chi connectivity index (χ1) is 9.22. The van der Waals surface area contributed by atoms with Crippen molar-refractivity contribution in [2.45, 2.75) is 25.3 Å². The van der Waals surface area contributed by atoms with E-state index >= 15 is 0 Å². The van der Waals surface area contributed by atoms with Gasteiger partial charge in [-0.15, -0.1) is 0 Å². The van der Waals surface area contributed by atoms with E-state index < -0.39 is 0 Å². The Bertz CT molecular complexity index is 444. The van der Waals surface area contributed by atoms with Gasteiger partial charge in [0.15, 0.2) is 0 Å². The summed E-state index contributed by atoms with van der Waals surface area (Å²) < 4.78 is 0. The molecule has 1 unspecified atom stereocenters. The lowest BCUT2D eigenvalue weighted by molar-refractivity contribution is 0.232. The van der Waals surface area contributed by atoms with Crippen molar-refractivity contribution in [3.63, 3.8) is 0 Å². The van der Waals surface area contributed by atoms with Crippen LogP contribution in [0.5, 0.6) is 0 Å². The fourth-order valence-corrected chi connectivity index (χ4v) is 3.30. The number of hydrogen-bond donors (Lipinski definition) is 1. The molecule has 0 radical (unpaired) electrons. The van der Waals surface area contributed by atoms with E-state index in [0.29, 0.717) is 6.04 Å². The molecule has 1 N–H and O–H groups in total. The Kier molecular flexibility index (Phi) is 3.76. The fraction of sp³-hybridized carbons (Fsp3) is 0.625. The third kappa shape index (κ3) is 2.93. The number of rotatable bonds is 3. The van der Waals surface area contributed by atoms with Crippen LogP contribution in [-0.4, -0.2) is 51.2 Å². The Hall–Kier alpha value is -1.06. The minimum atomic E-state index is 0.662. The molecule has 0 bridgehead atoms. The van der Waals surface area contributed by atoms with Crippen LogP contribution in [0.2, 0.25) is 0 Å². The predicted octanol–water partition coefficient (Wildman–Crippen LogP) is 1.52. The fourth-order valence-electron chi connectivity index (χ4n) is 3.30. The molecule has 1 fully saturated rings. The van der Waals surface area contributed by atoms with Crippen LogP contribution in [0.25, 0.3) is 0 Å². The zero-order valence-electron chi connectivity index (χ0n) is 12.2. The summed E-state index contributed by atoms with van der Waals surface area (Å²) >= 11 is 0.